The van der Waals surface area contributed by atoms with Crippen LogP contribution in [0.1, 0.15) is 10.7 Å². The third kappa shape index (κ3) is 1.47. The van der Waals surface area contributed by atoms with Gasteiger partial charge in [-0.05, 0) is 0 Å². The topological polar surface area (TPSA) is 14.1 Å². The highest BCUT2D eigenvalue weighted by Gasteiger charge is 2.39. The van der Waals surface area contributed by atoms with Crippen molar-refractivity contribution >= 4 is 11.3 Å². The van der Waals surface area contributed by atoms with Crippen LogP contribution in [-0.4, -0.2) is 0 Å². The van der Waals surface area contributed by atoms with Gasteiger partial charge in [0.25, 0.3) is 5.69 Å². The Labute approximate surface area is 59.5 Å². The summed E-state index contributed by atoms with van der Waals surface area (Å²) >= 11 is 1.06. The van der Waals surface area contributed by atoms with Crippen molar-refractivity contribution in [1.82, 2.24) is 0 Å². The number of thiazole rings is 1. The van der Waals surface area contributed by atoms with Crippen molar-refractivity contribution in [3.8, 4) is 0 Å². The van der Waals surface area contributed by atoms with Crippen molar-refractivity contribution in [3.05, 3.63) is 16.1 Å². The molecule has 5 heteroatoms. The molecule has 0 amide bonds. The van der Waals surface area contributed by atoms with E-state index in [4.69, 9.17) is 0 Å². The second-order valence-electron chi connectivity index (χ2n) is 1.83. The Bertz CT molecular complexity index is 227. The minimum absolute atomic E-state index is 0.562. The number of nitrogens with one attached hydrogen (secondary N) is 1. The molecule has 0 bridgehead atoms. The molecule has 10 heavy (non-hydrogen) atoms. The van der Waals surface area contributed by atoms with Crippen LogP contribution in [0.4, 0.5) is 13.2 Å². The maximum atomic E-state index is 11.8. The van der Waals surface area contributed by atoms with Crippen LogP contribution in [-0.2, 0) is 6.18 Å². The molecule has 0 atom stereocenters. The smallest absolute Gasteiger partial charge is 0.195 e. The lowest BCUT2D eigenvalue weighted by Gasteiger charge is -1.93. The van der Waals surface area contributed by atoms with Crippen molar-refractivity contribution < 1.29 is 18.2 Å². The summed E-state index contributed by atoms with van der Waals surface area (Å²) in [5.74, 6) is 0. The first-order chi connectivity index (χ1) is 4.50. The minimum atomic E-state index is -4.23. The summed E-state index contributed by atoms with van der Waals surface area (Å²) in [5.41, 5.74) is -0.671. The fraction of sp³-hybridized carbons (Fsp3) is 0.400. The van der Waals surface area contributed by atoms with Crippen LogP contribution in [0.3, 0.4) is 0 Å². The standard InChI is InChI=1S/C5H4F3NS/c1-3-9-4(2-10-3)5(6,7)8/h2H,1H3/p+1. The van der Waals surface area contributed by atoms with E-state index in [1.165, 1.54) is 0 Å². The van der Waals surface area contributed by atoms with Gasteiger partial charge in [-0.15, -0.1) is 0 Å². The number of H-pyrrole nitrogens is 1. The van der Waals surface area contributed by atoms with Crippen molar-refractivity contribution in [2.75, 3.05) is 0 Å². The molecule has 1 nitrogen and oxygen atoms in total. The molecular formula is C5H5F3NS+. The van der Waals surface area contributed by atoms with Crippen LogP contribution in [0.25, 0.3) is 0 Å². The van der Waals surface area contributed by atoms with Gasteiger partial charge in [-0.3, -0.25) is 0 Å². The Morgan fingerprint density at radius 2 is 2.10 bits per heavy atom. The normalized spacial score (nSPS) is 12.0. The molecule has 0 aliphatic rings. The zero-order valence-electron chi connectivity index (χ0n) is 5.12. The molecule has 1 heterocycles. The van der Waals surface area contributed by atoms with E-state index in [0.717, 1.165) is 16.7 Å². The van der Waals surface area contributed by atoms with Gasteiger partial charge in [0.15, 0.2) is 0 Å². The summed E-state index contributed by atoms with van der Waals surface area (Å²) in [6.07, 6.45) is -4.23. The summed E-state index contributed by atoms with van der Waals surface area (Å²) in [7, 11) is 0. The second-order valence-corrected chi connectivity index (χ2v) is 2.91. The number of alkyl halides is 3. The van der Waals surface area contributed by atoms with E-state index in [9.17, 15) is 13.2 Å². The fourth-order valence-corrected chi connectivity index (χ4v) is 1.19. The first kappa shape index (κ1) is 7.53. The molecule has 0 fully saturated rings. The maximum Gasteiger partial charge on any atom is 0.478 e. The Kier molecular flexibility index (Phi) is 1.68. The van der Waals surface area contributed by atoms with E-state index in [1.807, 2.05) is 0 Å². The van der Waals surface area contributed by atoms with Gasteiger partial charge in [-0.2, -0.15) is 18.2 Å². The van der Waals surface area contributed by atoms with Gasteiger partial charge in [0.1, 0.15) is 0 Å². The van der Waals surface area contributed by atoms with Gasteiger partial charge in [0, 0.05) is 6.92 Å². The molecule has 0 radical (unpaired) electrons. The summed E-state index contributed by atoms with van der Waals surface area (Å²) in [6, 6.07) is 0. The average molecular weight is 168 g/mol. The summed E-state index contributed by atoms with van der Waals surface area (Å²) in [4.78, 5) is 2.21. The lowest BCUT2D eigenvalue weighted by Crippen LogP contribution is -2.18. The summed E-state index contributed by atoms with van der Waals surface area (Å²) in [6.45, 7) is 1.60. The number of halogens is 3. The van der Waals surface area contributed by atoms with E-state index in [0.29, 0.717) is 5.01 Å². The third-order valence-electron chi connectivity index (χ3n) is 0.970. The molecule has 1 aromatic rings. The Morgan fingerprint density at radius 3 is 2.30 bits per heavy atom. The predicted molar refractivity (Wildman–Crippen MR) is 30.6 cm³/mol. The number of hydrogen-bond acceptors (Lipinski definition) is 1. The van der Waals surface area contributed by atoms with Gasteiger partial charge in [0.05, 0.1) is 5.38 Å². The van der Waals surface area contributed by atoms with E-state index in [1.54, 1.807) is 6.92 Å². The SMILES string of the molecule is Cc1[nH+]c(C(F)(F)F)cs1. The molecule has 0 aliphatic heterocycles. The third-order valence-corrected chi connectivity index (χ3v) is 1.78. The van der Waals surface area contributed by atoms with E-state index >= 15 is 0 Å². The molecule has 1 aromatic heterocycles. The van der Waals surface area contributed by atoms with Crippen molar-refractivity contribution in [2.45, 2.75) is 13.1 Å². The predicted octanol–water partition coefficient (Wildman–Crippen LogP) is 1.89. The van der Waals surface area contributed by atoms with Gasteiger partial charge < -0.3 is 0 Å². The highest BCUT2D eigenvalue weighted by molar-refractivity contribution is 7.09. The molecule has 0 saturated carbocycles. The van der Waals surface area contributed by atoms with Crippen LogP contribution < -0.4 is 4.98 Å². The van der Waals surface area contributed by atoms with Gasteiger partial charge in [-0.25, -0.2) is 0 Å². The Morgan fingerprint density at radius 1 is 1.50 bits per heavy atom. The zero-order chi connectivity index (χ0) is 7.78. The number of rotatable bonds is 0. The van der Waals surface area contributed by atoms with Crippen LogP contribution >= 0.6 is 11.3 Å². The first-order valence-electron chi connectivity index (χ1n) is 2.55. The number of hydrogen-bond donors (Lipinski definition) is 0. The molecular weight excluding hydrogens is 163 g/mol. The molecule has 0 saturated heterocycles. The Balaban J connectivity index is 2.96. The molecule has 0 aromatic carbocycles. The molecule has 1 rings (SSSR count). The highest BCUT2D eigenvalue weighted by atomic mass is 32.1. The fourth-order valence-electron chi connectivity index (χ4n) is 0.534. The minimum Gasteiger partial charge on any atom is -0.195 e. The molecule has 56 valence electrons. The number of aromatic amines is 1. The molecule has 0 aliphatic carbocycles. The maximum absolute atomic E-state index is 11.8. The average Bonchev–Trinajstić information content (AvgIpc) is 2.11. The van der Waals surface area contributed by atoms with E-state index in [2.05, 4.69) is 4.98 Å². The van der Waals surface area contributed by atoms with E-state index in [-0.39, 0.29) is 0 Å². The van der Waals surface area contributed by atoms with Gasteiger partial charge >= 0.3 is 6.18 Å². The Hall–Kier alpha value is -0.580. The quantitative estimate of drug-likeness (QED) is 0.561. The summed E-state index contributed by atoms with van der Waals surface area (Å²) < 4.78 is 35.3. The largest absolute Gasteiger partial charge is 0.478 e. The van der Waals surface area contributed by atoms with Crippen LogP contribution in [0.2, 0.25) is 0 Å². The monoisotopic (exact) mass is 168 g/mol. The molecule has 1 N–H and O–H groups in total. The van der Waals surface area contributed by atoms with Crippen LogP contribution in [0.15, 0.2) is 5.38 Å². The lowest BCUT2D eigenvalue weighted by atomic mass is 10.5. The first-order valence-corrected chi connectivity index (χ1v) is 3.43. The van der Waals surface area contributed by atoms with Gasteiger partial charge in [0.2, 0.25) is 5.01 Å². The van der Waals surface area contributed by atoms with Crippen molar-refractivity contribution in [3.63, 3.8) is 0 Å². The molecule has 0 spiro atoms. The van der Waals surface area contributed by atoms with Gasteiger partial charge in [-0.1, -0.05) is 11.3 Å². The van der Waals surface area contributed by atoms with E-state index < -0.39 is 11.9 Å². The number of aromatic nitrogens is 1. The highest BCUT2D eigenvalue weighted by Crippen LogP contribution is 2.27. The van der Waals surface area contributed by atoms with Crippen LogP contribution in [0.5, 0.6) is 0 Å². The zero-order valence-corrected chi connectivity index (χ0v) is 5.94. The second kappa shape index (κ2) is 2.23. The summed E-state index contributed by atoms with van der Waals surface area (Å²) in [5, 5.41) is 1.63. The van der Waals surface area contributed by atoms with Crippen molar-refractivity contribution in [2.24, 2.45) is 0 Å². The lowest BCUT2D eigenvalue weighted by molar-refractivity contribution is -0.426. The van der Waals surface area contributed by atoms with Crippen LogP contribution in [0, 0.1) is 6.92 Å². The molecule has 0 unspecified atom stereocenters. The van der Waals surface area contributed by atoms with Crippen molar-refractivity contribution in [1.29, 1.82) is 0 Å². The number of aryl methyl sites for hydroxylation is 1.